The Balaban J connectivity index is 1.86. The number of amides is 2. The summed E-state index contributed by atoms with van der Waals surface area (Å²) in [4.78, 5) is 28.3. The molecule has 0 unspecified atom stereocenters. The van der Waals surface area contributed by atoms with Gasteiger partial charge in [0.05, 0.1) is 22.9 Å². The van der Waals surface area contributed by atoms with Gasteiger partial charge in [0.1, 0.15) is 5.75 Å². The lowest BCUT2D eigenvalue weighted by molar-refractivity contribution is -0.123. The van der Waals surface area contributed by atoms with E-state index >= 15 is 0 Å². The lowest BCUT2D eigenvalue weighted by atomic mass is 9.96. The van der Waals surface area contributed by atoms with Crippen LogP contribution in [0.3, 0.4) is 0 Å². The zero-order chi connectivity index (χ0) is 22.0. The number of aromatic amines is 1. The van der Waals surface area contributed by atoms with Gasteiger partial charge in [-0.15, -0.1) is 0 Å². The lowest BCUT2D eigenvalue weighted by Crippen LogP contribution is -2.22. The Morgan fingerprint density at radius 1 is 0.968 bits per heavy atom. The van der Waals surface area contributed by atoms with Crippen LogP contribution in [-0.2, 0) is 16.0 Å². The second kappa shape index (κ2) is 9.10. The average Bonchev–Trinajstić information content (AvgIpc) is 3.26. The zero-order valence-electron chi connectivity index (χ0n) is 17.7. The van der Waals surface area contributed by atoms with Crippen molar-refractivity contribution in [3.8, 4) is 17.0 Å². The van der Waals surface area contributed by atoms with Gasteiger partial charge in [0.15, 0.2) is 0 Å². The van der Waals surface area contributed by atoms with Gasteiger partial charge in [0.25, 0.3) is 11.8 Å². The summed E-state index contributed by atoms with van der Waals surface area (Å²) in [5.74, 6) is -0.0448. The molecule has 4 rings (SSSR count). The van der Waals surface area contributed by atoms with E-state index in [9.17, 15) is 9.59 Å². The average molecular weight is 481 g/mol. The van der Waals surface area contributed by atoms with E-state index in [-0.39, 0.29) is 10.4 Å². The van der Waals surface area contributed by atoms with Crippen molar-refractivity contribution >= 4 is 44.2 Å². The molecule has 0 aliphatic carbocycles. The number of H-pyrrole nitrogens is 1. The van der Waals surface area contributed by atoms with Gasteiger partial charge in [-0.25, -0.2) is 0 Å². The number of hydrogen-bond donors (Lipinski definition) is 2. The van der Waals surface area contributed by atoms with Crippen molar-refractivity contribution in [3.63, 3.8) is 0 Å². The Bertz CT molecular complexity index is 1180. The monoisotopic (exact) mass is 480 g/mol. The number of ether oxygens (including phenoxy) is 1. The molecule has 2 heterocycles. The summed E-state index contributed by atoms with van der Waals surface area (Å²) >= 11 is 3.34. The molecule has 0 fully saturated rings. The number of methoxy groups -OCH3 is 1. The highest BCUT2D eigenvalue weighted by atomic mass is 79.9. The van der Waals surface area contributed by atoms with E-state index in [4.69, 9.17) is 4.74 Å². The van der Waals surface area contributed by atoms with E-state index < -0.39 is 5.91 Å². The molecule has 2 aromatic carbocycles. The number of hydrogen-bond acceptors (Lipinski definition) is 3. The summed E-state index contributed by atoms with van der Waals surface area (Å²) in [6.45, 7) is 2.21. The van der Waals surface area contributed by atoms with Crippen LogP contribution in [0.15, 0.2) is 46.9 Å². The Kier molecular flexibility index (Phi) is 6.28. The smallest absolute Gasteiger partial charge is 0.265 e. The van der Waals surface area contributed by atoms with Crippen molar-refractivity contribution in [1.82, 2.24) is 10.3 Å². The molecule has 0 spiro atoms. The minimum Gasteiger partial charge on any atom is -0.497 e. The van der Waals surface area contributed by atoms with Gasteiger partial charge in [0.2, 0.25) is 0 Å². The van der Waals surface area contributed by atoms with Gasteiger partial charge in [-0.05, 0) is 76.3 Å². The topological polar surface area (TPSA) is 71.2 Å². The van der Waals surface area contributed by atoms with Crippen molar-refractivity contribution in [3.05, 3.63) is 58.1 Å². The number of aromatic nitrogens is 1. The number of carbonyl (C=O) groups is 2. The molecule has 31 heavy (non-hydrogen) atoms. The molecular weight excluding hydrogens is 456 g/mol. The summed E-state index contributed by atoms with van der Waals surface area (Å²) in [6, 6.07) is 14.0. The fourth-order valence-corrected chi connectivity index (χ4v) is 4.52. The largest absolute Gasteiger partial charge is 0.497 e. The fraction of sp³-hybridized carbons (Fsp3) is 0.280. The normalized spacial score (nSPS) is 13.9. The molecule has 0 radical (unpaired) electrons. The molecular formula is C25H25BrN2O3. The Hall–Kier alpha value is -2.86. The first-order chi connectivity index (χ1) is 15.0. The van der Waals surface area contributed by atoms with Crippen LogP contribution in [-0.4, -0.2) is 23.9 Å². The molecule has 3 aromatic rings. The second-order valence-electron chi connectivity index (χ2n) is 7.77. The highest BCUT2D eigenvalue weighted by molar-refractivity contribution is 9.12. The highest BCUT2D eigenvalue weighted by Crippen LogP contribution is 2.40. The van der Waals surface area contributed by atoms with E-state index in [1.807, 2.05) is 24.3 Å². The van der Waals surface area contributed by atoms with Gasteiger partial charge >= 0.3 is 0 Å². The molecule has 5 nitrogen and oxygen atoms in total. The van der Waals surface area contributed by atoms with Crippen LogP contribution in [0, 0.1) is 0 Å². The van der Waals surface area contributed by atoms with E-state index in [1.54, 1.807) is 7.11 Å². The molecule has 2 amide bonds. The van der Waals surface area contributed by atoms with Crippen LogP contribution in [0.2, 0.25) is 0 Å². The molecule has 6 heteroatoms. The predicted molar refractivity (Wildman–Crippen MR) is 127 cm³/mol. The van der Waals surface area contributed by atoms with Crippen LogP contribution in [0.25, 0.3) is 27.7 Å². The van der Waals surface area contributed by atoms with E-state index in [0.717, 1.165) is 46.3 Å². The van der Waals surface area contributed by atoms with Crippen molar-refractivity contribution in [2.45, 2.75) is 39.0 Å². The third-order valence-electron chi connectivity index (χ3n) is 5.68. The molecule has 2 N–H and O–H groups in total. The van der Waals surface area contributed by atoms with E-state index in [2.05, 4.69) is 51.4 Å². The predicted octanol–water partition coefficient (Wildman–Crippen LogP) is 5.73. The van der Waals surface area contributed by atoms with Crippen LogP contribution in [0.1, 0.15) is 43.7 Å². The Morgan fingerprint density at radius 2 is 1.74 bits per heavy atom. The number of imide groups is 1. The third kappa shape index (κ3) is 4.17. The quantitative estimate of drug-likeness (QED) is 0.319. The van der Waals surface area contributed by atoms with Gasteiger partial charge in [-0.1, -0.05) is 32.3 Å². The summed E-state index contributed by atoms with van der Waals surface area (Å²) in [5, 5.41) is 3.34. The number of fused-ring (bicyclic) bond motifs is 1. The summed E-state index contributed by atoms with van der Waals surface area (Å²) in [5.41, 5.74) is 4.98. The van der Waals surface area contributed by atoms with Gasteiger partial charge in [-0.3, -0.25) is 14.9 Å². The number of aryl methyl sites for hydroxylation is 1. The first-order valence-corrected chi connectivity index (χ1v) is 11.4. The first kappa shape index (κ1) is 21.4. The van der Waals surface area contributed by atoms with Crippen molar-refractivity contribution < 1.29 is 14.3 Å². The molecule has 0 atom stereocenters. The SMILES string of the molecule is CCCCCCc1ccc2[nH]c(-c3ccc(OC)cc3)c(C3=C(Br)C(=O)NC3=O)c2c1. The maximum atomic E-state index is 12.7. The number of nitrogens with one attached hydrogen (secondary N) is 2. The first-order valence-electron chi connectivity index (χ1n) is 10.6. The highest BCUT2D eigenvalue weighted by Gasteiger charge is 2.33. The van der Waals surface area contributed by atoms with Crippen LogP contribution < -0.4 is 10.1 Å². The fourth-order valence-electron chi connectivity index (χ4n) is 4.04. The lowest BCUT2D eigenvalue weighted by Gasteiger charge is -2.07. The van der Waals surface area contributed by atoms with Crippen LogP contribution in [0.4, 0.5) is 0 Å². The molecule has 1 aliphatic rings. The van der Waals surface area contributed by atoms with E-state index in [0.29, 0.717) is 5.57 Å². The molecule has 1 aromatic heterocycles. The molecule has 0 saturated carbocycles. The summed E-state index contributed by atoms with van der Waals surface area (Å²) < 4.78 is 5.54. The van der Waals surface area contributed by atoms with Crippen molar-refractivity contribution in [2.24, 2.45) is 0 Å². The standard InChI is InChI=1S/C25H25BrN2O3/c1-3-4-5-6-7-15-8-13-19-18(14-15)20(21-22(26)25(30)28-24(21)29)23(27-19)16-9-11-17(31-2)12-10-16/h8-14,27H,3-7H2,1-2H3,(H,28,29,30). The summed E-state index contributed by atoms with van der Waals surface area (Å²) in [7, 11) is 1.63. The molecule has 1 aliphatic heterocycles. The van der Waals surface area contributed by atoms with Gasteiger partial charge in [-0.2, -0.15) is 0 Å². The molecule has 160 valence electrons. The molecule has 0 saturated heterocycles. The number of rotatable bonds is 8. The van der Waals surface area contributed by atoms with Gasteiger partial charge in [0, 0.05) is 16.5 Å². The van der Waals surface area contributed by atoms with Crippen LogP contribution in [0.5, 0.6) is 5.75 Å². The van der Waals surface area contributed by atoms with Crippen molar-refractivity contribution in [2.75, 3.05) is 7.11 Å². The van der Waals surface area contributed by atoms with Crippen LogP contribution >= 0.6 is 15.9 Å². The van der Waals surface area contributed by atoms with Gasteiger partial charge < -0.3 is 9.72 Å². The maximum Gasteiger partial charge on any atom is 0.265 e. The summed E-state index contributed by atoms with van der Waals surface area (Å²) in [6.07, 6.45) is 5.78. The maximum absolute atomic E-state index is 12.7. The number of halogens is 1. The minimum atomic E-state index is -0.411. The molecule has 0 bridgehead atoms. The Morgan fingerprint density at radius 3 is 2.39 bits per heavy atom. The van der Waals surface area contributed by atoms with Crippen molar-refractivity contribution in [1.29, 1.82) is 0 Å². The zero-order valence-corrected chi connectivity index (χ0v) is 19.3. The third-order valence-corrected chi connectivity index (χ3v) is 6.44. The minimum absolute atomic E-state index is 0.265. The number of carbonyl (C=O) groups excluding carboxylic acids is 2. The Labute approximate surface area is 190 Å². The number of benzene rings is 2. The second-order valence-corrected chi connectivity index (χ2v) is 8.56. The number of unbranched alkanes of at least 4 members (excludes halogenated alkanes) is 3. The van der Waals surface area contributed by atoms with E-state index in [1.165, 1.54) is 24.8 Å².